The molecule has 0 amide bonds. The molecule has 0 aliphatic rings. The van der Waals surface area contributed by atoms with E-state index in [1.807, 2.05) is 6.92 Å². The number of anilines is 1. The van der Waals surface area contributed by atoms with E-state index in [4.69, 9.17) is 11.6 Å². The molecule has 0 spiro atoms. The molecule has 4 rings (SSSR count). The third-order valence-electron chi connectivity index (χ3n) is 4.52. The first kappa shape index (κ1) is 20.2. The van der Waals surface area contributed by atoms with Crippen LogP contribution in [0.4, 0.5) is 10.3 Å². The van der Waals surface area contributed by atoms with Crippen molar-refractivity contribution in [3.8, 4) is 0 Å². The summed E-state index contributed by atoms with van der Waals surface area (Å²) >= 11 is 6.16. The number of benzene rings is 2. The van der Waals surface area contributed by atoms with Crippen LogP contribution in [-0.2, 0) is 16.6 Å². The fourth-order valence-electron chi connectivity index (χ4n) is 3.07. The van der Waals surface area contributed by atoms with Crippen LogP contribution in [0.15, 0.2) is 59.5 Å². The lowest BCUT2D eigenvalue weighted by molar-refractivity contribution is 0.583. The summed E-state index contributed by atoms with van der Waals surface area (Å²) in [5.74, 6) is -0.501. The maximum absolute atomic E-state index is 14.5. The lowest BCUT2D eigenvalue weighted by Crippen LogP contribution is -2.32. The second-order valence-electron chi connectivity index (χ2n) is 6.69. The van der Waals surface area contributed by atoms with Crippen LogP contribution in [0.3, 0.4) is 0 Å². The van der Waals surface area contributed by atoms with Gasteiger partial charge in [-0.1, -0.05) is 35.9 Å². The van der Waals surface area contributed by atoms with Gasteiger partial charge in [-0.05, 0) is 44.2 Å². The predicted molar refractivity (Wildman–Crippen MR) is 111 cm³/mol. The van der Waals surface area contributed by atoms with Gasteiger partial charge in [0.25, 0.3) is 21.7 Å². The maximum Gasteiger partial charge on any atom is 0.267 e. The molecule has 2 aromatic carbocycles. The third kappa shape index (κ3) is 3.61. The number of fused-ring (bicyclic) bond motifs is 1. The van der Waals surface area contributed by atoms with Gasteiger partial charge in [0, 0.05) is 22.0 Å². The number of rotatable bonds is 5. The monoisotopic (exact) mass is 445 g/mol. The van der Waals surface area contributed by atoms with Crippen LogP contribution in [0.2, 0.25) is 5.02 Å². The van der Waals surface area contributed by atoms with Crippen LogP contribution in [0, 0.1) is 19.7 Å². The van der Waals surface area contributed by atoms with Gasteiger partial charge in [0.05, 0.1) is 11.4 Å². The van der Waals surface area contributed by atoms with Crippen LogP contribution in [0.5, 0.6) is 0 Å². The summed E-state index contributed by atoms with van der Waals surface area (Å²) in [6.45, 7) is 3.24. The average molecular weight is 446 g/mol. The summed E-state index contributed by atoms with van der Waals surface area (Å²) in [4.78, 5) is 8.63. The van der Waals surface area contributed by atoms with Crippen molar-refractivity contribution in [3.63, 3.8) is 0 Å². The Morgan fingerprint density at radius 2 is 1.80 bits per heavy atom. The van der Waals surface area contributed by atoms with E-state index in [0.29, 0.717) is 5.69 Å². The topological polar surface area (TPSA) is 80.5 Å². The zero-order valence-corrected chi connectivity index (χ0v) is 17.7. The molecule has 7 nitrogen and oxygen atoms in total. The van der Waals surface area contributed by atoms with Crippen molar-refractivity contribution in [2.75, 3.05) is 4.31 Å². The summed E-state index contributed by atoms with van der Waals surface area (Å²) in [5, 5.41) is 4.43. The number of aromatic nitrogens is 4. The van der Waals surface area contributed by atoms with Crippen molar-refractivity contribution in [2.24, 2.45) is 0 Å². The summed E-state index contributed by atoms with van der Waals surface area (Å²) in [6, 6.07) is 13.8. The van der Waals surface area contributed by atoms with Crippen LogP contribution < -0.4 is 4.31 Å². The molecule has 30 heavy (non-hydrogen) atoms. The van der Waals surface area contributed by atoms with E-state index in [9.17, 15) is 12.8 Å². The molecule has 0 atom stereocenters. The summed E-state index contributed by atoms with van der Waals surface area (Å²) in [7, 11) is -4.11. The van der Waals surface area contributed by atoms with Gasteiger partial charge < -0.3 is 0 Å². The van der Waals surface area contributed by atoms with Gasteiger partial charge in [0.15, 0.2) is 0 Å². The molecule has 0 radical (unpaired) electrons. The minimum atomic E-state index is -4.11. The molecular weight excluding hydrogens is 429 g/mol. The molecule has 0 saturated carbocycles. The number of halogens is 2. The first-order valence-corrected chi connectivity index (χ1v) is 10.8. The van der Waals surface area contributed by atoms with Crippen LogP contribution in [0.25, 0.3) is 5.78 Å². The van der Waals surface area contributed by atoms with E-state index in [1.54, 1.807) is 31.2 Å². The third-order valence-corrected chi connectivity index (χ3v) is 6.62. The standard InChI is InChI=1S/C20H17ClFN5O2S/c1-13-11-14(2)27-19(23-13)24-20(25-27)26(12-16-17(21)9-6-10-18(16)22)30(28,29)15-7-4-3-5-8-15/h3-11H,12H2,1-2H3. The molecule has 0 unspecified atom stereocenters. The first-order chi connectivity index (χ1) is 14.3. The summed E-state index contributed by atoms with van der Waals surface area (Å²) in [5.41, 5.74) is 1.48. The van der Waals surface area contributed by atoms with Crippen molar-refractivity contribution in [1.82, 2.24) is 19.6 Å². The summed E-state index contributed by atoms with van der Waals surface area (Å²) in [6.07, 6.45) is 0. The van der Waals surface area contributed by atoms with Gasteiger partial charge in [-0.3, -0.25) is 0 Å². The molecule has 0 aliphatic carbocycles. The highest BCUT2D eigenvalue weighted by Crippen LogP contribution is 2.28. The lowest BCUT2D eigenvalue weighted by atomic mass is 10.2. The van der Waals surface area contributed by atoms with Gasteiger partial charge >= 0.3 is 0 Å². The Kier molecular flexibility index (Phi) is 5.17. The van der Waals surface area contributed by atoms with Crippen molar-refractivity contribution in [2.45, 2.75) is 25.3 Å². The number of aryl methyl sites for hydroxylation is 2. The van der Waals surface area contributed by atoms with Crippen molar-refractivity contribution in [1.29, 1.82) is 0 Å². The average Bonchev–Trinajstić information content (AvgIpc) is 3.12. The van der Waals surface area contributed by atoms with Gasteiger partial charge in [-0.15, -0.1) is 5.10 Å². The Labute approximate surface area is 177 Å². The van der Waals surface area contributed by atoms with E-state index in [1.165, 1.54) is 34.8 Å². The lowest BCUT2D eigenvalue weighted by Gasteiger charge is -2.21. The predicted octanol–water partition coefficient (Wildman–Crippen LogP) is 3.93. The number of hydrogen-bond acceptors (Lipinski definition) is 5. The normalized spacial score (nSPS) is 11.7. The molecule has 2 aromatic heterocycles. The first-order valence-electron chi connectivity index (χ1n) is 8.99. The van der Waals surface area contributed by atoms with Crippen LogP contribution >= 0.6 is 11.6 Å². The van der Waals surface area contributed by atoms with E-state index in [-0.39, 0.29) is 33.8 Å². The van der Waals surface area contributed by atoms with Crippen molar-refractivity contribution < 1.29 is 12.8 Å². The van der Waals surface area contributed by atoms with Gasteiger partial charge in [0.1, 0.15) is 5.82 Å². The smallest absolute Gasteiger partial charge is 0.228 e. The van der Waals surface area contributed by atoms with Gasteiger partial charge in [-0.25, -0.2) is 22.1 Å². The fourth-order valence-corrected chi connectivity index (χ4v) is 4.64. The Bertz CT molecular complexity index is 1320. The van der Waals surface area contributed by atoms with Crippen molar-refractivity contribution >= 4 is 33.4 Å². The highest BCUT2D eigenvalue weighted by Gasteiger charge is 2.30. The van der Waals surface area contributed by atoms with E-state index in [2.05, 4.69) is 15.1 Å². The molecule has 0 saturated heterocycles. The van der Waals surface area contributed by atoms with Crippen molar-refractivity contribution in [3.05, 3.63) is 82.4 Å². The molecule has 2 heterocycles. The SMILES string of the molecule is Cc1cc(C)n2nc(N(Cc3c(F)cccc3Cl)S(=O)(=O)c3ccccc3)nc2n1. The van der Waals surface area contributed by atoms with Gasteiger partial charge in [0.2, 0.25) is 0 Å². The number of nitrogens with zero attached hydrogens (tertiary/aromatic N) is 5. The molecular formula is C20H17ClFN5O2S. The maximum atomic E-state index is 14.5. The molecule has 4 aromatic rings. The highest BCUT2D eigenvalue weighted by atomic mass is 35.5. The summed E-state index contributed by atoms with van der Waals surface area (Å²) < 4.78 is 43.7. The van der Waals surface area contributed by atoms with E-state index in [0.717, 1.165) is 10.00 Å². The zero-order chi connectivity index (χ0) is 21.5. The molecule has 0 aliphatic heterocycles. The highest BCUT2D eigenvalue weighted by molar-refractivity contribution is 7.92. The Morgan fingerprint density at radius 3 is 2.50 bits per heavy atom. The Hall–Kier alpha value is -3.04. The molecule has 0 bridgehead atoms. The molecule has 0 N–H and O–H groups in total. The quantitative estimate of drug-likeness (QED) is 0.465. The van der Waals surface area contributed by atoms with E-state index >= 15 is 0 Å². The zero-order valence-electron chi connectivity index (χ0n) is 16.1. The largest absolute Gasteiger partial charge is 0.267 e. The minimum absolute atomic E-state index is 0.0252. The second kappa shape index (κ2) is 7.66. The molecule has 10 heteroatoms. The fraction of sp³-hybridized carbons (Fsp3) is 0.150. The molecule has 0 fully saturated rings. The number of hydrogen-bond donors (Lipinski definition) is 0. The Balaban J connectivity index is 1.91. The molecule has 154 valence electrons. The Morgan fingerprint density at radius 1 is 1.07 bits per heavy atom. The second-order valence-corrected chi connectivity index (χ2v) is 8.96. The number of sulfonamides is 1. The minimum Gasteiger partial charge on any atom is -0.228 e. The van der Waals surface area contributed by atoms with Gasteiger partial charge in [-0.2, -0.15) is 9.50 Å². The van der Waals surface area contributed by atoms with Crippen LogP contribution in [0.1, 0.15) is 17.0 Å². The van der Waals surface area contributed by atoms with E-state index < -0.39 is 15.8 Å². The van der Waals surface area contributed by atoms with Crippen LogP contribution in [-0.4, -0.2) is 28.0 Å².